The number of carbonyl (C=O) groups is 1. The van der Waals surface area contributed by atoms with Gasteiger partial charge in [0, 0.05) is 19.2 Å². The highest BCUT2D eigenvalue weighted by molar-refractivity contribution is 6.03. The van der Waals surface area contributed by atoms with E-state index in [0.717, 1.165) is 43.1 Å². The molecule has 1 aliphatic heterocycles. The normalized spacial score (nSPS) is 14.2. The molecule has 160 valence electrons. The molecule has 10 heteroatoms. The largest absolute Gasteiger partial charge is 0.497 e. The van der Waals surface area contributed by atoms with Crippen molar-refractivity contribution >= 4 is 24.3 Å². The van der Waals surface area contributed by atoms with Gasteiger partial charge in [-0.3, -0.25) is 14.8 Å². The van der Waals surface area contributed by atoms with Gasteiger partial charge >= 0.3 is 0 Å². The number of ether oxygens (including phenoxy) is 1. The Morgan fingerprint density at radius 1 is 1.27 bits per heavy atom. The lowest BCUT2D eigenvalue weighted by Crippen LogP contribution is -2.27. The zero-order valence-corrected chi connectivity index (χ0v) is 17.9. The smallest absolute Gasteiger partial charge is 0.261 e. The van der Waals surface area contributed by atoms with Gasteiger partial charge in [-0.1, -0.05) is 12.1 Å². The summed E-state index contributed by atoms with van der Waals surface area (Å²) in [5.41, 5.74) is 1.55. The highest BCUT2D eigenvalue weighted by Gasteiger charge is 2.21. The van der Waals surface area contributed by atoms with Crippen LogP contribution in [0.15, 0.2) is 36.7 Å². The Morgan fingerprint density at radius 2 is 2.00 bits per heavy atom. The van der Waals surface area contributed by atoms with Crippen LogP contribution in [0.1, 0.15) is 40.5 Å². The summed E-state index contributed by atoms with van der Waals surface area (Å²) in [5, 5.41) is 15.0. The molecule has 0 unspecified atom stereocenters. The van der Waals surface area contributed by atoms with Gasteiger partial charge < -0.3 is 10.1 Å². The number of amides is 1. The van der Waals surface area contributed by atoms with E-state index in [0.29, 0.717) is 24.0 Å². The SMILES string of the molecule is COc1ccc(Cn2cc(C(=O)Nc3nc(C4CCNCC4)nn3C)cn2)cc1.Cl. The summed E-state index contributed by atoms with van der Waals surface area (Å²) >= 11 is 0. The van der Waals surface area contributed by atoms with E-state index in [9.17, 15) is 4.79 Å². The minimum atomic E-state index is -0.252. The Morgan fingerprint density at radius 3 is 2.70 bits per heavy atom. The molecule has 0 atom stereocenters. The van der Waals surface area contributed by atoms with E-state index in [2.05, 4.69) is 25.8 Å². The van der Waals surface area contributed by atoms with Crippen molar-refractivity contribution in [2.75, 3.05) is 25.5 Å². The maximum Gasteiger partial charge on any atom is 0.261 e. The van der Waals surface area contributed by atoms with Crippen molar-refractivity contribution in [1.29, 1.82) is 0 Å². The van der Waals surface area contributed by atoms with E-state index >= 15 is 0 Å². The first-order chi connectivity index (χ1) is 14.1. The van der Waals surface area contributed by atoms with Gasteiger partial charge in [-0.05, 0) is 43.6 Å². The van der Waals surface area contributed by atoms with E-state index in [4.69, 9.17) is 4.74 Å². The Kier molecular flexibility index (Phi) is 7.07. The van der Waals surface area contributed by atoms with Gasteiger partial charge in [0.2, 0.25) is 5.95 Å². The average Bonchev–Trinajstić information content (AvgIpc) is 3.36. The predicted octanol–water partition coefficient (Wildman–Crippen LogP) is 2.21. The second-order valence-electron chi connectivity index (χ2n) is 7.17. The summed E-state index contributed by atoms with van der Waals surface area (Å²) in [7, 11) is 3.43. The number of nitrogens with one attached hydrogen (secondary N) is 2. The molecule has 2 N–H and O–H groups in total. The molecule has 0 radical (unpaired) electrons. The second kappa shape index (κ2) is 9.73. The van der Waals surface area contributed by atoms with Crippen LogP contribution in [0.3, 0.4) is 0 Å². The van der Waals surface area contributed by atoms with Crippen molar-refractivity contribution in [3.05, 3.63) is 53.6 Å². The van der Waals surface area contributed by atoms with Gasteiger partial charge in [-0.2, -0.15) is 15.2 Å². The third kappa shape index (κ3) is 4.98. The molecule has 2 aromatic heterocycles. The lowest BCUT2D eigenvalue weighted by atomic mass is 9.98. The third-order valence-corrected chi connectivity index (χ3v) is 5.11. The van der Waals surface area contributed by atoms with Crippen LogP contribution in [-0.4, -0.2) is 50.7 Å². The first-order valence-electron chi connectivity index (χ1n) is 9.71. The van der Waals surface area contributed by atoms with E-state index in [-0.39, 0.29) is 18.3 Å². The number of nitrogens with zero attached hydrogens (tertiary/aromatic N) is 5. The zero-order valence-electron chi connectivity index (χ0n) is 17.0. The van der Waals surface area contributed by atoms with Crippen LogP contribution in [0.25, 0.3) is 0 Å². The van der Waals surface area contributed by atoms with Crippen LogP contribution in [-0.2, 0) is 13.6 Å². The lowest BCUT2D eigenvalue weighted by Gasteiger charge is -2.19. The zero-order chi connectivity index (χ0) is 20.2. The Labute approximate surface area is 181 Å². The maximum absolute atomic E-state index is 12.6. The fourth-order valence-electron chi connectivity index (χ4n) is 3.43. The minimum Gasteiger partial charge on any atom is -0.497 e. The standard InChI is InChI=1S/C20H25N7O2.ClH/c1-26-20(23-18(25-26)15-7-9-21-10-8-15)24-19(28)16-11-22-27(13-16)12-14-3-5-17(29-2)6-4-14;/h3-6,11,13,15,21H,7-10,12H2,1-2H3,(H,23,24,25,28);1H. The predicted molar refractivity (Wildman–Crippen MR) is 115 cm³/mol. The van der Waals surface area contributed by atoms with Gasteiger partial charge in [-0.25, -0.2) is 4.68 Å². The molecule has 0 saturated carbocycles. The Balaban J connectivity index is 0.00000256. The van der Waals surface area contributed by atoms with Gasteiger partial charge in [0.15, 0.2) is 5.82 Å². The molecule has 0 bridgehead atoms. The summed E-state index contributed by atoms with van der Waals surface area (Å²) in [6.45, 7) is 2.51. The number of halogens is 1. The van der Waals surface area contributed by atoms with E-state index < -0.39 is 0 Å². The fraction of sp³-hybridized carbons (Fsp3) is 0.400. The highest BCUT2D eigenvalue weighted by Crippen LogP contribution is 2.23. The van der Waals surface area contributed by atoms with Crippen LogP contribution in [0.5, 0.6) is 5.75 Å². The number of methoxy groups -OCH3 is 1. The van der Waals surface area contributed by atoms with Gasteiger partial charge in [-0.15, -0.1) is 12.4 Å². The molecule has 30 heavy (non-hydrogen) atoms. The maximum atomic E-state index is 12.6. The molecule has 0 aliphatic carbocycles. The summed E-state index contributed by atoms with van der Waals surface area (Å²) in [4.78, 5) is 17.2. The highest BCUT2D eigenvalue weighted by atomic mass is 35.5. The molecular weight excluding hydrogens is 406 g/mol. The first kappa shape index (κ1) is 21.8. The van der Waals surface area contributed by atoms with Crippen molar-refractivity contribution in [2.45, 2.75) is 25.3 Å². The quantitative estimate of drug-likeness (QED) is 0.620. The molecule has 1 aromatic carbocycles. The fourth-order valence-corrected chi connectivity index (χ4v) is 3.43. The van der Waals surface area contributed by atoms with Crippen LogP contribution in [0.2, 0.25) is 0 Å². The van der Waals surface area contributed by atoms with Gasteiger partial charge in [0.1, 0.15) is 5.75 Å². The van der Waals surface area contributed by atoms with Gasteiger partial charge in [0.05, 0.1) is 25.4 Å². The van der Waals surface area contributed by atoms with Crippen molar-refractivity contribution in [2.24, 2.45) is 7.05 Å². The van der Waals surface area contributed by atoms with E-state index in [1.54, 1.807) is 35.9 Å². The van der Waals surface area contributed by atoms with Crippen LogP contribution in [0, 0.1) is 0 Å². The molecule has 3 aromatic rings. The number of anilines is 1. The Bertz CT molecular complexity index is 977. The molecule has 1 fully saturated rings. The van der Waals surface area contributed by atoms with Crippen LogP contribution < -0.4 is 15.4 Å². The first-order valence-corrected chi connectivity index (χ1v) is 9.71. The number of benzene rings is 1. The summed E-state index contributed by atoms with van der Waals surface area (Å²) < 4.78 is 8.52. The number of carbonyl (C=O) groups excluding carboxylic acids is 1. The topological polar surface area (TPSA) is 98.9 Å². The van der Waals surface area contributed by atoms with Crippen LogP contribution >= 0.6 is 12.4 Å². The monoisotopic (exact) mass is 431 g/mol. The number of aryl methyl sites for hydroxylation is 1. The van der Waals surface area contributed by atoms with E-state index in [1.807, 2.05) is 24.3 Å². The molecule has 1 aliphatic rings. The number of piperidine rings is 1. The van der Waals surface area contributed by atoms with E-state index in [1.165, 1.54) is 0 Å². The van der Waals surface area contributed by atoms with Crippen molar-refractivity contribution < 1.29 is 9.53 Å². The molecule has 0 spiro atoms. The summed E-state index contributed by atoms with van der Waals surface area (Å²) in [6.07, 6.45) is 5.30. The molecule has 1 amide bonds. The number of hydrogen-bond donors (Lipinski definition) is 2. The minimum absolute atomic E-state index is 0. The van der Waals surface area contributed by atoms with Crippen molar-refractivity contribution in [3.63, 3.8) is 0 Å². The molecule has 4 rings (SSSR count). The Hall–Kier alpha value is -2.91. The lowest BCUT2D eigenvalue weighted by molar-refractivity contribution is 0.102. The van der Waals surface area contributed by atoms with Crippen LogP contribution in [0.4, 0.5) is 5.95 Å². The number of rotatable bonds is 6. The summed E-state index contributed by atoms with van der Waals surface area (Å²) in [5.74, 6) is 2.13. The molecular formula is C20H26ClN7O2. The van der Waals surface area contributed by atoms with Crippen molar-refractivity contribution in [1.82, 2.24) is 29.9 Å². The molecule has 9 nitrogen and oxygen atoms in total. The third-order valence-electron chi connectivity index (χ3n) is 5.11. The second-order valence-corrected chi connectivity index (χ2v) is 7.17. The van der Waals surface area contributed by atoms with Crippen molar-refractivity contribution in [3.8, 4) is 5.75 Å². The average molecular weight is 432 g/mol. The molecule has 3 heterocycles. The number of hydrogen-bond acceptors (Lipinski definition) is 6. The van der Waals surface area contributed by atoms with Gasteiger partial charge in [0.25, 0.3) is 5.91 Å². The summed E-state index contributed by atoms with van der Waals surface area (Å²) in [6, 6.07) is 7.76. The molecule has 1 saturated heterocycles. The number of aromatic nitrogens is 5.